The van der Waals surface area contributed by atoms with Gasteiger partial charge >= 0.3 is 0 Å². The molecule has 0 saturated heterocycles. The lowest BCUT2D eigenvalue weighted by Crippen LogP contribution is -2.46. The van der Waals surface area contributed by atoms with Crippen LogP contribution >= 0.6 is 0 Å². The maximum atomic E-state index is 13.3. The number of sulfonamides is 1. The Morgan fingerprint density at radius 2 is 1.89 bits per heavy atom. The van der Waals surface area contributed by atoms with E-state index in [1.807, 2.05) is 30.0 Å². The molecule has 0 radical (unpaired) electrons. The third-order valence-corrected chi connectivity index (χ3v) is 8.67. The molecule has 1 unspecified atom stereocenters. The predicted molar refractivity (Wildman–Crippen MR) is 139 cm³/mol. The smallest absolute Gasteiger partial charge is 0.244 e. The van der Waals surface area contributed by atoms with Crippen molar-refractivity contribution in [2.45, 2.75) is 49.5 Å². The number of aromatic nitrogens is 1. The fourth-order valence-corrected chi connectivity index (χ4v) is 6.62. The third-order valence-electron chi connectivity index (χ3n) is 7.20. The average Bonchev–Trinajstić information content (AvgIpc) is 3.42. The lowest BCUT2D eigenvalue weighted by atomic mass is 9.85. The van der Waals surface area contributed by atoms with E-state index < -0.39 is 33.8 Å². The second kappa shape index (κ2) is 10.8. The van der Waals surface area contributed by atoms with Crippen molar-refractivity contribution in [2.24, 2.45) is 5.41 Å². The standard InChI is InChI=1S/C27H33N3O7S/c1-18-4-6-22(37-18)15-30-14-21(31)13-29-38(34,35)26-7-5-19(20-3-2-8-28-12-20)9-25(26)36-17-27(16-30)10-23(32)24(33)11-27/h2-9,12,21,23-24,29,31-33H,10-11,13-17H2,1H3/t21-,23-,24+,27?/m0/s1. The highest BCUT2D eigenvalue weighted by atomic mass is 32.2. The van der Waals surface area contributed by atoms with Gasteiger partial charge in [0, 0.05) is 43.0 Å². The van der Waals surface area contributed by atoms with Crippen LogP contribution in [0.2, 0.25) is 0 Å². The molecule has 0 amide bonds. The highest BCUT2D eigenvalue weighted by Gasteiger charge is 2.46. The number of aliphatic hydroxyl groups is 3. The molecule has 1 aromatic carbocycles. The first-order chi connectivity index (χ1) is 18.1. The number of aryl methyl sites for hydroxylation is 1. The molecule has 4 N–H and O–H groups in total. The van der Waals surface area contributed by atoms with Crippen molar-refractivity contribution in [3.8, 4) is 16.9 Å². The number of aliphatic hydroxyl groups excluding tert-OH is 3. The molecule has 11 heteroatoms. The van der Waals surface area contributed by atoms with E-state index in [9.17, 15) is 23.7 Å². The zero-order chi connectivity index (χ0) is 26.9. The van der Waals surface area contributed by atoms with Gasteiger partial charge in [-0.1, -0.05) is 12.1 Å². The van der Waals surface area contributed by atoms with Gasteiger partial charge in [0.15, 0.2) is 0 Å². The summed E-state index contributed by atoms with van der Waals surface area (Å²) in [5.41, 5.74) is 0.833. The van der Waals surface area contributed by atoms with E-state index in [0.29, 0.717) is 18.8 Å². The van der Waals surface area contributed by atoms with Crippen molar-refractivity contribution >= 4 is 10.0 Å². The molecule has 10 nitrogen and oxygen atoms in total. The van der Waals surface area contributed by atoms with Crippen LogP contribution in [0.4, 0.5) is 0 Å². The van der Waals surface area contributed by atoms with Crippen LogP contribution in [-0.2, 0) is 16.6 Å². The lowest BCUT2D eigenvalue weighted by molar-refractivity contribution is 0.0397. The lowest BCUT2D eigenvalue weighted by Gasteiger charge is -2.36. The van der Waals surface area contributed by atoms with E-state index in [1.54, 1.807) is 30.6 Å². The molecular formula is C27H33N3O7S. The molecule has 2 aliphatic rings. The molecule has 204 valence electrons. The molecule has 3 heterocycles. The number of pyridine rings is 1. The summed E-state index contributed by atoms with van der Waals surface area (Å²) in [5.74, 6) is 1.61. The number of rotatable bonds is 3. The average molecular weight is 544 g/mol. The maximum absolute atomic E-state index is 13.3. The Morgan fingerprint density at radius 3 is 2.58 bits per heavy atom. The van der Waals surface area contributed by atoms with Crippen molar-refractivity contribution in [1.29, 1.82) is 0 Å². The van der Waals surface area contributed by atoms with Crippen molar-refractivity contribution in [2.75, 3.05) is 26.2 Å². The van der Waals surface area contributed by atoms with Crippen molar-refractivity contribution in [1.82, 2.24) is 14.6 Å². The Bertz CT molecular complexity index is 1350. The van der Waals surface area contributed by atoms with Gasteiger partial charge in [-0.05, 0) is 55.7 Å². The van der Waals surface area contributed by atoms with Crippen molar-refractivity contribution in [3.63, 3.8) is 0 Å². The summed E-state index contributed by atoms with van der Waals surface area (Å²) in [6, 6.07) is 12.2. The second-order valence-corrected chi connectivity index (χ2v) is 12.2. The van der Waals surface area contributed by atoms with Crippen LogP contribution in [-0.4, -0.2) is 78.2 Å². The first kappa shape index (κ1) is 26.8. The highest BCUT2D eigenvalue weighted by Crippen LogP contribution is 2.41. The van der Waals surface area contributed by atoms with Gasteiger partial charge in [0.05, 0.1) is 31.5 Å². The number of ether oxygens (including phenoxy) is 1. The minimum absolute atomic E-state index is 0.0462. The summed E-state index contributed by atoms with van der Waals surface area (Å²) in [4.78, 5) is 6.06. The molecule has 1 aliphatic heterocycles. The Kier molecular flexibility index (Phi) is 7.58. The normalized spacial score (nSPS) is 28.3. The number of hydrogen-bond donors (Lipinski definition) is 4. The molecule has 1 spiro atoms. The van der Waals surface area contributed by atoms with E-state index in [2.05, 4.69) is 9.71 Å². The number of nitrogens with zero attached hydrogens (tertiary/aromatic N) is 2. The van der Waals surface area contributed by atoms with Crippen LogP contribution in [0.15, 0.2) is 64.2 Å². The zero-order valence-electron chi connectivity index (χ0n) is 21.2. The third kappa shape index (κ3) is 5.93. The van der Waals surface area contributed by atoms with Crippen LogP contribution in [0.3, 0.4) is 0 Å². The number of nitrogens with one attached hydrogen (secondary N) is 1. The molecule has 38 heavy (non-hydrogen) atoms. The summed E-state index contributed by atoms with van der Waals surface area (Å²) >= 11 is 0. The predicted octanol–water partition coefficient (Wildman–Crippen LogP) is 1.69. The molecule has 1 aliphatic carbocycles. The van der Waals surface area contributed by atoms with Gasteiger partial charge in [0.1, 0.15) is 22.2 Å². The molecule has 4 atom stereocenters. The quantitative estimate of drug-likeness (QED) is 0.388. The van der Waals surface area contributed by atoms with Gasteiger partial charge < -0.3 is 24.5 Å². The zero-order valence-corrected chi connectivity index (χ0v) is 22.0. The topological polar surface area (TPSA) is 145 Å². The van der Waals surface area contributed by atoms with Gasteiger partial charge in [-0.25, -0.2) is 13.1 Å². The van der Waals surface area contributed by atoms with E-state index in [1.165, 1.54) is 6.07 Å². The van der Waals surface area contributed by atoms with E-state index >= 15 is 0 Å². The second-order valence-electron chi connectivity index (χ2n) is 10.4. The number of hydrogen-bond acceptors (Lipinski definition) is 9. The highest BCUT2D eigenvalue weighted by molar-refractivity contribution is 7.89. The molecule has 3 aromatic rings. The van der Waals surface area contributed by atoms with Gasteiger partial charge in [0.25, 0.3) is 0 Å². The minimum atomic E-state index is -4.02. The Morgan fingerprint density at radius 1 is 1.11 bits per heavy atom. The number of furan rings is 1. The molecular weight excluding hydrogens is 510 g/mol. The molecule has 1 fully saturated rings. The summed E-state index contributed by atoms with van der Waals surface area (Å²) in [7, 11) is -4.02. The summed E-state index contributed by atoms with van der Waals surface area (Å²) in [5, 5.41) is 31.8. The molecule has 1 saturated carbocycles. The number of benzene rings is 1. The van der Waals surface area contributed by atoms with Gasteiger partial charge in [0.2, 0.25) is 10.0 Å². The van der Waals surface area contributed by atoms with Crippen LogP contribution in [0.1, 0.15) is 24.4 Å². The summed E-state index contributed by atoms with van der Waals surface area (Å²) in [6.07, 6.45) is 0.990. The van der Waals surface area contributed by atoms with Crippen LogP contribution in [0.25, 0.3) is 11.1 Å². The molecule has 5 rings (SSSR count). The maximum Gasteiger partial charge on any atom is 0.244 e. The van der Waals surface area contributed by atoms with E-state index in [4.69, 9.17) is 9.15 Å². The van der Waals surface area contributed by atoms with Crippen LogP contribution in [0.5, 0.6) is 5.75 Å². The van der Waals surface area contributed by atoms with Gasteiger partial charge in [-0.3, -0.25) is 9.88 Å². The number of β-amino-alcohol motifs (C(OH)–C–C–N with tert-alkyl or cyclic N) is 1. The largest absolute Gasteiger partial charge is 0.492 e. The first-order valence-corrected chi connectivity index (χ1v) is 14.1. The molecule has 2 aromatic heterocycles. The Balaban J connectivity index is 1.52. The van der Waals surface area contributed by atoms with Crippen LogP contribution < -0.4 is 9.46 Å². The minimum Gasteiger partial charge on any atom is -0.492 e. The molecule has 0 bridgehead atoms. The number of fused-ring (bicyclic) bond motifs is 1. The monoisotopic (exact) mass is 543 g/mol. The summed E-state index contributed by atoms with van der Waals surface area (Å²) in [6.45, 7) is 2.63. The fraction of sp³-hybridized carbons (Fsp3) is 0.444. The fourth-order valence-electron chi connectivity index (χ4n) is 5.42. The van der Waals surface area contributed by atoms with E-state index in [0.717, 1.165) is 16.9 Å². The first-order valence-electron chi connectivity index (χ1n) is 12.6. The van der Waals surface area contributed by atoms with Gasteiger partial charge in [-0.15, -0.1) is 0 Å². The Labute approximate surface area is 221 Å². The Hall–Kier alpha value is -2.80. The van der Waals surface area contributed by atoms with E-state index in [-0.39, 0.29) is 43.2 Å². The van der Waals surface area contributed by atoms with Gasteiger partial charge in [-0.2, -0.15) is 0 Å². The van der Waals surface area contributed by atoms with Crippen molar-refractivity contribution in [3.05, 3.63) is 66.4 Å². The van der Waals surface area contributed by atoms with Crippen LogP contribution in [0, 0.1) is 12.3 Å². The SMILES string of the molecule is Cc1ccc(CN2C[C@@H](O)CNS(=O)(=O)c3ccc(-c4cccnc4)cc3OCC3(C[C@@H](O)[C@@H](O)C3)C2)o1. The van der Waals surface area contributed by atoms with Crippen molar-refractivity contribution < 1.29 is 32.9 Å². The summed E-state index contributed by atoms with van der Waals surface area (Å²) < 4.78 is 41.0.